The van der Waals surface area contributed by atoms with E-state index in [1.165, 1.54) is 4.90 Å². The highest BCUT2D eigenvalue weighted by Crippen LogP contribution is 2.34. The van der Waals surface area contributed by atoms with Crippen LogP contribution >= 0.6 is 0 Å². The summed E-state index contributed by atoms with van der Waals surface area (Å²) in [4.78, 5) is 17.0. The summed E-state index contributed by atoms with van der Waals surface area (Å²) in [5.41, 5.74) is 7.94. The number of halogens is 3. The molecule has 0 saturated carbocycles. The summed E-state index contributed by atoms with van der Waals surface area (Å²) in [7, 11) is 0. The quantitative estimate of drug-likeness (QED) is 0.903. The topological polar surface area (TPSA) is 62.1 Å². The first-order valence-corrected chi connectivity index (χ1v) is 8.02. The smallest absolute Gasteiger partial charge is 0.361 e. The van der Waals surface area contributed by atoms with Crippen molar-refractivity contribution < 1.29 is 18.0 Å². The number of amides is 1. The van der Waals surface area contributed by atoms with Crippen LogP contribution in [0.2, 0.25) is 0 Å². The van der Waals surface area contributed by atoms with Gasteiger partial charge in [0, 0.05) is 30.2 Å². The number of piperidine rings is 1. The van der Waals surface area contributed by atoms with Crippen molar-refractivity contribution in [2.45, 2.75) is 31.5 Å². The van der Waals surface area contributed by atoms with Crippen molar-refractivity contribution in [2.24, 2.45) is 11.7 Å². The minimum absolute atomic E-state index is 0.0466. The standard InChI is InChI=1S/C17H20F3N3O/c18-17(19,20)12-5-7-23(8-6-12)16(24)14(21)9-11-10-22-15-4-2-1-3-13(11)15/h1-4,10,12,14,22H,5-9,21H2/t14-/m0/s1. The lowest BCUT2D eigenvalue weighted by Gasteiger charge is -2.34. The van der Waals surface area contributed by atoms with Crippen molar-refractivity contribution in [1.29, 1.82) is 0 Å². The molecule has 1 fully saturated rings. The van der Waals surface area contributed by atoms with Gasteiger partial charge in [0.05, 0.1) is 12.0 Å². The fourth-order valence-corrected chi connectivity index (χ4v) is 3.29. The molecule has 1 amide bonds. The van der Waals surface area contributed by atoms with E-state index >= 15 is 0 Å². The number of hydrogen-bond donors (Lipinski definition) is 2. The summed E-state index contributed by atoms with van der Waals surface area (Å²) in [5.74, 6) is -1.59. The van der Waals surface area contributed by atoms with Gasteiger partial charge < -0.3 is 15.6 Å². The van der Waals surface area contributed by atoms with Crippen LogP contribution in [0.5, 0.6) is 0 Å². The minimum Gasteiger partial charge on any atom is -0.361 e. The van der Waals surface area contributed by atoms with Gasteiger partial charge in [0.25, 0.3) is 0 Å². The third-order valence-corrected chi connectivity index (χ3v) is 4.70. The minimum atomic E-state index is -4.18. The molecule has 1 aliphatic heterocycles. The summed E-state index contributed by atoms with van der Waals surface area (Å²) >= 11 is 0. The maximum Gasteiger partial charge on any atom is 0.391 e. The molecule has 130 valence electrons. The highest BCUT2D eigenvalue weighted by atomic mass is 19.4. The second-order valence-corrected chi connectivity index (χ2v) is 6.31. The van der Waals surface area contributed by atoms with Gasteiger partial charge in [0.1, 0.15) is 0 Å². The van der Waals surface area contributed by atoms with Gasteiger partial charge >= 0.3 is 6.18 Å². The molecule has 0 radical (unpaired) electrons. The van der Waals surface area contributed by atoms with E-state index in [0.29, 0.717) is 6.42 Å². The van der Waals surface area contributed by atoms with Crippen LogP contribution < -0.4 is 5.73 Å². The number of likely N-dealkylation sites (tertiary alicyclic amines) is 1. The lowest BCUT2D eigenvalue weighted by molar-refractivity contribution is -0.186. The molecule has 1 aliphatic rings. The molecular weight excluding hydrogens is 319 g/mol. The van der Waals surface area contributed by atoms with Crippen LogP contribution in [0.1, 0.15) is 18.4 Å². The van der Waals surface area contributed by atoms with Gasteiger partial charge in [-0.15, -0.1) is 0 Å². The van der Waals surface area contributed by atoms with Gasteiger partial charge in [-0.2, -0.15) is 13.2 Å². The number of fused-ring (bicyclic) bond motifs is 1. The number of rotatable bonds is 3. The highest BCUT2D eigenvalue weighted by molar-refractivity contribution is 5.86. The number of hydrogen-bond acceptors (Lipinski definition) is 2. The second-order valence-electron chi connectivity index (χ2n) is 6.31. The number of nitrogens with one attached hydrogen (secondary N) is 1. The van der Waals surface area contributed by atoms with E-state index in [2.05, 4.69) is 4.98 Å². The van der Waals surface area contributed by atoms with Gasteiger partial charge in [-0.25, -0.2) is 0 Å². The number of nitrogens with zero attached hydrogens (tertiary/aromatic N) is 1. The summed E-state index contributed by atoms with van der Waals surface area (Å²) < 4.78 is 38.1. The van der Waals surface area contributed by atoms with Crippen LogP contribution in [-0.2, 0) is 11.2 Å². The normalized spacial score (nSPS) is 18.1. The van der Waals surface area contributed by atoms with Crippen LogP contribution in [-0.4, -0.2) is 41.1 Å². The lowest BCUT2D eigenvalue weighted by Crippen LogP contribution is -2.49. The van der Waals surface area contributed by atoms with Gasteiger partial charge in [-0.05, 0) is 30.9 Å². The Morgan fingerprint density at radius 2 is 1.96 bits per heavy atom. The Balaban J connectivity index is 1.61. The van der Waals surface area contributed by atoms with E-state index in [9.17, 15) is 18.0 Å². The van der Waals surface area contributed by atoms with E-state index in [1.807, 2.05) is 30.5 Å². The van der Waals surface area contributed by atoms with Crippen molar-refractivity contribution in [3.63, 3.8) is 0 Å². The van der Waals surface area contributed by atoms with E-state index < -0.39 is 18.1 Å². The number of benzene rings is 1. The van der Waals surface area contributed by atoms with Crippen LogP contribution in [0.15, 0.2) is 30.5 Å². The van der Waals surface area contributed by atoms with Crippen molar-refractivity contribution in [2.75, 3.05) is 13.1 Å². The molecule has 4 nitrogen and oxygen atoms in total. The van der Waals surface area contributed by atoms with E-state index in [0.717, 1.165) is 16.5 Å². The summed E-state index contributed by atoms with van der Waals surface area (Å²) in [6.45, 7) is 0.231. The monoisotopic (exact) mass is 339 g/mol. The van der Waals surface area contributed by atoms with Crippen LogP contribution in [0.25, 0.3) is 10.9 Å². The molecule has 1 atom stereocenters. The average molecular weight is 339 g/mol. The first kappa shape index (κ1) is 16.8. The van der Waals surface area contributed by atoms with Crippen LogP contribution in [0.4, 0.5) is 13.2 Å². The average Bonchev–Trinajstić information content (AvgIpc) is 2.96. The number of alkyl halides is 3. The predicted molar refractivity (Wildman–Crippen MR) is 85.3 cm³/mol. The van der Waals surface area contributed by atoms with Gasteiger partial charge in [0.15, 0.2) is 0 Å². The number of carbonyl (C=O) groups is 1. The molecule has 2 aromatic rings. The van der Waals surface area contributed by atoms with E-state index in [1.54, 1.807) is 0 Å². The number of aromatic amines is 1. The molecule has 3 rings (SSSR count). The van der Waals surface area contributed by atoms with Gasteiger partial charge in [-0.3, -0.25) is 4.79 Å². The molecule has 1 saturated heterocycles. The third-order valence-electron chi connectivity index (χ3n) is 4.70. The number of para-hydroxylation sites is 1. The molecule has 7 heteroatoms. The zero-order valence-electron chi connectivity index (χ0n) is 13.1. The summed E-state index contributed by atoms with van der Waals surface area (Å²) in [5, 5.41) is 1.01. The fraction of sp³-hybridized carbons (Fsp3) is 0.471. The maximum absolute atomic E-state index is 12.7. The summed E-state index contributed by atoms with van der Waals surface area (Å²) in [6, 6.07) is 6.97. The molecule has 1 aromatic carbocycles. The Hall–Kier alpha value is -2.02. The number of H-pyrrole nitrogens is 1. The van der Waals surface area contributed by atoms with Crippen molar-refractivity contribution in [1.82, 2.24) is 9.88 Å². The Morgan fingerprint density at radius 1 is 1.29 bits per heavy atom. The Morgan fingerprint density at radius 3 is 2.62 bits per heavy atom. The fourth-order valence-electron chi connectivity index (χ4n) is 3.29. The zero-order valence-corrected chi connectivity index (χ0v) is 13.1. The molecule has 24 heavy (non-hydrogen) atoms. The zero-order chi connectivity index (χ0) is 17.3. The molecule has 0 aliphatic carbocycles. The third kappa shape index (κ3) is 3.40. The van der Waals surface area contributed by atoms with E-state index in [-0.39, 0.29) is 31.8 Å². The number of aromatic nitrogens is 1. The Labute approximate surface area is 137 Å². The van der Waals surface area contributed by atoms with Crippen LogP contribution in [0, 0.1) is 5.92 Å². The Kier molecular flexibility index (Phi) is 4.54. The van der Waals surface area contributed by atoms with Gasteiger partial charge in [0.2, 0.25) is 5.91 Å². The molecule has 0 spiro atoms. The molecule has 2 heterocycles. The first-order chi connectivity index (χ1) is 11.4. The maximum atomic E-state index is 12.7. The van der Waals surface area contributed by atoms with Gasteiger partial charge in [-0.1, -0.05) is 18.2 Å². The predicted octanol–water partition coefficient (Wildman–Crippen LogP) is 2.84. The summed E-state index contributed by atoms with van der Waals surface area (Å²) in [6.07, 6.45) is -2.08. The Bertz CT molecular complexity index is 717. The molecule has 0 unspecified atom stereocenters. The van der Waals surface area contributed by atoms with Crippen molar-refractivity contribution in [3.8, 4) is 0 Å². The molecular formula is C17H20F3N3O. The highest BCUT2D eigenvalue weighted by Gasteiger charge is 2.42. The van der Waals surface area contributed by atoms with Crippen molar-refractivity contribution in [3.05, 3.63) is 36.0 Å². The number of nitrogens with two attached hydrogens (primary N) is 1. The second kappa shape index (κ2) is 6.47. The molecule has 1 aromatic heterocycles. The first-order valence-electron chi connectivity index (χ1n) is 8.02. The SMILES string of the molecule is N[C@@H](Cc1c[nH]c2ccccc12)C(=O)N1CCC(C(F)(F)F)CC1. The largest absolute Gasteiger partial charge is 0.391 e. The van der Waals surface area contributed by atoms with Crippen molar-refractivity contribution >= 4 is 16.8 Å². The van der Waals surface area contributed by atoms with Crippen LogP contribution in [0.3, 0.4) is 0 Å². The lowest BCUT2D eigenvalue weighted by atomic mass is 9.95. The van der Waals surface area contributed by atoms with E-state index in [4.69, 9.17) is 5.73 Å². The molecule has 3 N–H and O–H groups in total. The molecule has 0 bridgehead atoms. The number of carbonyl (C=O) groups excluding carboxylic acids is 1.